The summed E-state index contributed by atoms with van der Waals surface area (Å²) in [6, 6.07) is 20.5. The van der Waals surface area contributed by atoms with Gasteiger partial charge in [-0.15, -0.1) is 0 Å². The number of hydrogen-bond acceptors (Lipinski definition) is 3. The topological polar surface area (TPSA) is 39.1 Å². The zero-order chi connectivity index (χ0) is 14.4. The highest BCUT2D eigenvalue weighted by molar-refractivity contribution is 5.58. The van der Waals surface area contributed by atoms with Crippen molar-refractivity contribution < 1.29 is 0 Å². The first kappa shape index (κ1) is 14.0. The molecule has 0 heterocycles. The van der Waals surface area contributed by atoms with Crippen LogP contribution in [0, 0.1) is 11.3 Å². The number of anilines is 2. The molecule has 1 unspecified atom stereocenters. The number of rotatable bonds is 5. The van der Waals surface area contributed by atoms with Crippen molar-refractivity contribution in [3.63, 3.8) is 0 Å². The molecule has 1 N–H and O–H groups in total. The highest BCUT2D eigenvalue weighted by Crippen LogP contribution is 2.24. The Morgan fingerprint density at radius 1 is 1.10 bits per heavy atom. The van der Waals surface area contributed by atoms with Crippen molar-refractivity contribution in [1.29, 1.82) is 5.26 Å². The van der Waals surface area contributed by atoms with Gasteiger partial charge in [0.25, 0.3) is 0 Å². The molecule has 0 aliphatic carbocycles. The van der Waals surface area contributed by atoms with Gasteiger partial charge in [-0.3, -0.25) is 0 Å². The molecule has 2 rings (SSSR count). The number of benzene rings is 2. The molecule has 2 aromatic carbocycles. The fourth-order valence-electron chi connectivity index (χ4n) is 2.10. The van der Waals surface area contributed by atoms with Crippen LogP contribution >= 0.6 is 0 Å². The smallest absolute Gasteiger partial charge is 0.0647 e. The second kappa shape index (κ2) is 6.63. The average molecular weight is 265 g/mol. The Hall–Kier alpha value is -2.47. The molecule has 0 aliphatic rings. The van der Waals surface area contributed by atoms with Crippen LogP contribution in [0.2, 0.25) is 0 Å². The first-order chi connectivity index (χ1) is 9.70. The zero-order valence-electron chi connectivity index (χ0n) is 11.9. The SMILES string of the molecule is CN(C)c1cccc(NC(CC#N)c2ccccc2)c1. The van der Waals surface area contributed by atoms with Crippen LogP contribution in [-0.2, 0) is 0 Å². The minimum absolute atomic E-state index is 0.0126. The lowest BCUT2D eigenvalue weighted by atomic mass is 10.0. The van der Waals surface area contributed by atoms with Gasteiger partial charge < -0.3 is 10.2 Å². The molecular formula is C17H19N3. The molecule has 0 fully saturated rings. The van der Waals surface area contributed by atoms with Crippen molar-refractivity contribution >= 4 is 11.4 Å². The summed E-state index contributed by atoms with van der Waals surface area (Å²) < 4.78 is 0. The Kier molecular flexibility index (Phi) is 4.62. The van der Waals surface area contributed by atoms with Gasteiger partial charge in [0, 0.05) is 25.5 Å². The summed E-state index contributed by atoms with van der Waals surface area (Å²) in [6.07, 6.45) is 0.441. The fourth-order valence-corrected chi connectivity index (χ4v) is 2.10. The Morgan fingerprint density at radius 3 is 2.50 bits per heavy atom. The lowest BCUT2D eigenvalue weighted by molar-refractivity contribution is 0.806. The van der Waals surface area contributed by atoms with E-state index in [0.29, 0.717) is 6.42 Å². The summed E-state index contributed by atoms with van der Waals surface area (Å²) in [5.41, 5.74) is 3.29. The Morgan fingerprint density at radius 2 is 1.85 bits per heavy atom. The van der Waals surface area contributed by atoms with Gasteiger partial charge in [-0.25, -0.2) is 0 Å². The number of nitrogens with one attached hydrogen (secondary N) is 1. The maximum atomic E-state index is 9.02. The Labute approximate surface area is 120 Å². The molecule has 0 amide bonds. The van der Waals surface area contributed by atoms with E-state index in [4.69, 9.17) is 5.26 Å². The first-order valence-corrected chi connectivity index (χ1v) is 6.66. The molecule has 0 saturated heterocycles. The third-order valence-corrected chi connectivity index (χ3v) is 3.20. The van der Waals surface area contributed by atoms with Crippen molar-refractivity contribution in [2.45, 2.75) is 12.5 Å². The highest BCUT2D eigenvalue weighted by Gasteiger charge is 2.10. The van der Waals surface area contributed by atoms with Gasteiger partial charge in [-0.2, -0.15) is 5.26 Å². The number of hydrogen-bond donors (Lipinski definition) is 1. The largest absolute Gasteiger partial charge is 0.378 e. The van der Waals surface area contributed by atoms with Crippen LogP contribution in [0.1, 0.15) is 18.0 Å². The summed E-state index contributed by atoms with van der Waals surface area (Å²) in [6.45, 7) is 0. The molecule has 20 heavy (non-hydrogen) atoms. The molecule has 3 heteroatoms. The van der Waals surface area contributed by atoms with E-state index in [1.54, 1.807) is 0 Å². The van der Waals surface area contributed by atoms with Crippen LogP contribution in [-0.4, -0.2) is 14.1 Å². The summed E-state index contributed by atoms with van der Waals surface area (Å²) >= 11 is 0. The van der Waals surface area contributed by atoms with E-state index in [1.165, 1.54) is 0 Å². The zero-order valence-corrected chi connectivity index (χ0v) is 11.9. The van der Waals surface area contributed by atoms with Crippen LogP contribution in [0.5, 0.6) is 0 Å². The minimum atomic E-state index is 0.0126. The quantitative estimate of drug-likeness (QED) is 0.893. The predicted molar refractivity (Wildman–Crippen MR) is 83.8 cm³/mol. The molecule has 0 bridgehead atoms. The van der Waals surface area contributed by atoms with Crippen LogP contribution < -0.4 is 10.2 Å². The molecule has 1 atom stereocenters. The highest BCUT2D eigenvalue weighted by atomic mass is 15.1. The Balaban J connectivity index is 2.21. The maximum absolute atomic E-state index is 9.02. The van der Waals surface area contributed by atoms with E-state index in [0.717, 1.165) is 16.9 Å². The van der Waals surface area contributed by atoms with Crippen LogP contribution in [0.4, 0.5) is 11.4 Å². The second-order valence-corrected chi connectivity index (χ2v) is 4.91. The lowest BCUT2D eigenvalue weighted by Gasteiger charge is -2.19. The minimum Gasteiger partial charge on any atom is -0.378 e. The van der Waals surface area contributed by atoms with Gasteiger partial charge in [0.1, 0.15) is 0 Å². The molecule has 0 radical (unpaired) electrons. The van der Waals surface area contributed by atoms with E-state index in [-0.39, 0.29) is 6.04 Å². The molecule has 0 aromatic heterocycles. The normalized spacial score (nSPS) is 11.4. The maximum Gasteiger partial charge on any atom is 0.0647 e. The van der Waals surface area contributed by atoms with E-state index in [1.807, 2.05) is 56.6 Å². The van der Waals surface area contributed by atoms with Crippen molar-refractivity contribution in [2.75, 3.05) is 24.3 Å². The molecule has 0 aliphatic heterocycles. The van der Waals surface area contributed by atoms with Crippen molar-refractivity contribution in [2.24, 2.45) is 0 Å². The monoisotopic (exact) mass is 265 g/mol. The summed E-state index contributed by atoms with van der Waals surface area (Å²) in [5, 5.41) is 12.5. The third-order valence-electron chi connectivity index (χ3n) is 3.20. The van der Waals surface area contributed by atoms with Gasteiger partial charge in [-0.1, -0.05) is 36.4 Å². The molecule has 0 saturated carbocycles. The molecule has 3 nitrogen and oxygen atoms in total. The lowest BCUT2D eigenvalue weighted by Crippen LogP contribution is -2.12. The fraction of sp³-hybridized carbons (Fsp3) is 0.235. The van der Waals surface area contributed by atoms with E-state index < -0.39 is 0 Å². The predicted octanol–water partition coefficient (Wildman–Crippen LogP) is 3.82. The van der Waals surface area contributed by atoms with E-state index in [2.05, 4.69) is 28.4 Å². The van der Waals surface area contributed by atoms with E-state index in [9.17, 15) is 0 Å². The van der Waals surface area contributed by atoms with Crippen LogP contribution in [0.15, 0.2) is 54.6 Å². The van der Waals surface area contributed by atoms with Gasteiger partial charge in [-0.05, 0) is 23.8 Å². The average Bonchev–Trinajstić information content (AvgIpc) is 2.48. The molecule has 2 aromatic rings. The van der Waals surface area contributed by atoms with Gasteiger partial charge in [0.2, 0.25) is 0 Å². The summed E-state index contributed by atoms with van der Waals surface area (Å²) in [4.78, 5) is 2.06. The van der Waals surface area contributed by atoms with Gasteiger partial charge in [0.15, 0.2) is 0 Å². The first-order valence-electron chi connectivity index (χ1n) is 6.66. The molecular weight excluding hydrogens is 246 g/mol. The van der Waals surface area contributed by atoms with Gasteiger partial charge in [0.05, 0.1) is 18.5 Å². The second-order valence-electron chi connectivity index (χ2n) is 4.91. The van der Waals surface area contributed by atoms with Crippen molar-refractivity contribution in [3.05, 3.63) is 60.2 Å². The van der Waals surface area contributed by atoms with Crippen molar-refractivity contribution in [3.8, 4) is 6.07 Å². The van der Waals surface area contributed by atoms with Crippen LogP contribution in [0.25, 0.3) is 0 Å². The summed E-state index contributed by atoms with van der Waals surface area (Å²) in [7, 11) is 4.03. The molecule has 102 valence electrons. The van der Waals surface area contributed by atoms with Crippen molar-refractivity contribution in [1.82, 2.24) is 0 Å². The van der Waals surface area contributed by atoms with Gasteiger partial charge >= 0.3 is 0 Å². The summed E-state index contributed by atoms with van der Waals surface area (Å²) in [5.74, 6) is 0. The number of nitriles is 1. The standard InChI is InChI=1S/C17H19N3/c1-20(2)16-10-6-9-15(13-16)19-17(11-12-18)14-7-4-3-5-8-14/h3-10,13,17,19H,11H2,1-2H3. The van der Waals surface area contributed by atoms with E-state index >= 15 is 0 Å². The Bertz CT molecular complexity index is 585. The third kappa shape index (κ3) is 3.52. The van der Waals surface area contributed by atoms with Crippen LogP contribution in [0.3, 0.4) is 0 Å². The number of nitrogens with zero attached hydrogens (tertiary/aromatic N) is 2. The molecule has 0 spiro atoms.